The summed E-state index contributed by atoms with van der Waals surface area (Å²) in [7, 11) is 1.66. The minimum Gasteiger partial charge on any atom is -0.497 e. The van der Waals surface area contributed by atoms with E-state index in [1.54, 1.807) is 7.11 Å². The second kappa shape index (κ2) is 9.06. The molecule has 0 spiro atoms. The van der Waals surface area contributed by atoms with Crippen LogP contribution in [0.3, 0.4) is 0 Å². The summed E-state index contributed by atoms with van der Waals surface area (Å²) in [5.41, 5.74) is 2.26. The Morgan fingerprint density at radius 2 is 1.77 bits per heavy atom. The average molecular weight is 359 g/mol. The summed E-state index contributed by atoms with van der Waals surface area (Å²) in [4.78, 5) is 0. The van der Waals surface area contributed by atoms with Crippen LogP contribution in [0.4, 0.5) is 0 Å². The van der Waals surface area contributed by atoms with E-state index in [1.807, 2.05) is 36.4 Å². The molecule has 0 aliphatic carbocycles. The van der Waals surface area contributed by atoms with Crippen molar-refractivity contribution in [2.24, 2.45) is 0 Å². The van der Waals surface area contributed by atoms with E-state index in [0.717, 1.165) is 17.1 Å². The van der Waals surface area contributed by atoms with Gasteiger partial charge >= 0.3 is 0 Å². The molecule has 26 heavy (non-hydrogen) atoms. The lowest BCUT2D eigenvalue weighted by molar-refractivity contribution is -0.698. The molecule has 0 unspecified atom stereocenters. The lowest BCUT2D eigenvalue weighted by Crippen LogP contribution is -2.87. The molecule has 3 N–H and O–H groups in total. The smallest absolute Gasteiger partial charge is 0.137 e. The molecule has 2 rings (SSSR count). The van der Waals surface area contributed by atoms with Gasteiger partial charge in [-0.2, -0.15) is 0 Å². The van der Waals surface area contributed by atoms with Crippen LogP contribution in [0.1, 0.15) is 44.9 Å². The molecule has 0 saturated heterocycles. The van der Waals surface area contributed by atoms with E-state index in [0.29, 0.717) is 12.6 Å². The van der Waals surface area contributed by atoms with Gasteiger partial charge in [-0.15, -0.1) is 0 Å². The van der Waals surface area contributed by atoms with Crippen LogP contribution in [-0.4, -0.2) is 31.5 Å². The van der Waals surface area contributed by atoms with Crippen LogP contribution >= 0.6 is 0 Å². The van der Waals surface area contributed by atoms with E-state index in [9.17, 15) is 5.11 Å². The number of rotatable bonds is 8. The molecule has 4 heteroatoms. The molecule has 0 amide bonds. The fourth-order valence-electron chi connectivity index (χ4n) is 2.86. The monoisotopic (exact) mass is 358 g/mol. The number of quaternary nitrogens is 1. The fourth-order valence-corrected chi connectivity index (χ4v) is 2.86. The zero-order valence-corrected chi connectivity index (χ0v) is 16.5. The lowest BCUT2D eigenvalue weighted by atomic mass is 9.86. The molecular formula is C22H32NO3+. The number of aliphatic hydroxyl groups excluding tert-OH is 1. The Kier molecular flexibility index (Phi) is 7.06. The fraction of sp³-hybridized carbons (Fsp3) is 0.455. The van der Waals surface area contributed by atoms with E-state index >= 15 is 0 Å². The molecule has 2 aromatic carbocycles. The van der Waals surface area contributed by atoms with E-state index in [4.69, 9.17) is 9.47 Å². The summed E-state index contributed by atoms with van der Waals surface area (Å²) >= 11 is 0. The Morgan fingerprint density at radius 3 is 2.38 bits per heavy atom. The molecule has 0 heterocycles. The first-order chi connectivity index (χ1) is 12.3. The van der Waals surface area contributed by atoms with E-state index in [2.05, 4.69) is 45.1 Å². The largest absolute Gasteiger partial charge is 0.497 e. The highest BCUT2D eigenvalue weighted by molar-refractivity contribution is 5.44. The number of hydrogen-bond donors (Lipinski definition) is 2. The Bertz CT molecular complexity index is 680. The van der Waals surface area contributed by atoms with Crippen molar-refractivity contribution in [3.8, 4) is 11.5 Å². The summed E-state index contributed by atoms with van der Waals surface area (Å²) < 4.78 is 11.3. The van der Waals surface area contributed by atoms with Crippen LogP contribution in [0.5, 0.6) is 11.5 Å². The highest BCUT2D eigenvalue weighted by Gasteiger charge is 2.21. The Hall–Kier alpha value is -2.04. The number of benzene rings is 2. The first kappa shape index (κ1) is 20.3. The molecule has 0 bridgehead atoms. The molecule has 2 aromatic rings. The standard InChI is InChI=1S/C22H31NO3/c1-16(17-9-7-6-8-10-17)23-14-18(24)15-26-21-12-11-19(25-5)13-20(21)22(2,3)4/h6-13,16,18,23-24H,14-15H2,1-5H3/p+1/t16-,18+/m1/s1. The first-order valence-corrected chi connectivity index (χ1v) is 9.19. The van der Waals surface area contributed by atoms with Gasteiger partial charge in [0.15, 0.2) is 0 Å². The molecule has 2 atom stereocenters. The summed E-state index contributed by atoms with van der Waals surface area (Å²) in [5.74, 6) is 1.61. The van der Waals surface area contributed by atoms with Crippen molar-refractivity contribution in [3.63, 3.8) is 0 Å². The molecule has 0 fully saturated rings. The van der Waals surface area contributed by atoms with Crippen molar-refractivity contribution in [2.45, 2.75) is 45.3 Å². The molecule has 0 aliphatic heterocycles. The molecule has 0 radical (unpaired) electrons. The van der Waals surface area contributed by atoms with Crippen LogP contribution in [0.2, 0.25) is 0 Å². The predicted octanol–water partition coefficient (Wildman–Crippen LogP) is 3.06. The number of methoxy groups -OCH3 is 1. The summed E-state index contributed by atoms with van der Waals surface area (Å²) in [6.07, 6.45) is -0.531. The van der Waals surface area contributed by atoms with E-state index in [-0.39, 0.29) is 12.0 Å². The zero-order valence-electron chi connectivity index (χ0n) is 16.5. The van der Waals surface area contributed by atoms with Gasteiger partial charge in [0.1, 0.15) is 36.8 Å². The first-order valence-electron chi connectivity index (χ1n) is 9.19. The predicted molar refractivity (Wildman–Crippen MR) is 105 cm³/mol. The third-order valence-electron chi connectivity index (χ3n) is 4.51. The number of nitrogens with two attached hydrogens (primary N) is 1. The van der Waals surface area contributed by atoms with Crippen LogP contribution < -0.4 is 14.8 Å². The van der Waals surface area contributed by atoms with Gasteiger partial charge in [-0.1, -0.05) is 51.1 Å². The quantitative estimate of drug-likeness (QED) is 0.763. The van der Waals surface area contributed by atoms with Gasteiger partial charge in [-0.3, -0.25) is 0 Å². The summed E-state index contributed by atoms with van der Waals surface area (Å²) in [6, 6.07) is 16.4. The Labute approximate surface area is 157 Å². The third kappa shape index (κ3) is 5.75. The van der Waals surface area contributed by atoms with E-state index < -0.39 is 6.10 Å². The van der Waals surface area contributed by atoms with Crippen LogP contribution in [0.15, 0.2) is 48.5 Å². The molecule has 0 saturated carbocycles. The minimum absolute atomic E-state index is 0.0667. The van der Waals surface area contributed by atoms with Crippen LogP contribution in [0, 0.1) is 0 Å². The van der Waals surface area contributed by atoms with Gasteiger partial charge in [0.2, 0.25) is 0 Å². The topological polar surface area (TPSA) is 55.3 Å². The van der Waals surface area contributed by atoms with Crippen LogP contribution in [-0.2, 0) is 5.41 Å². The van der Waals surface area contributed by atoms with Crippen molar-refractivity contribution in [1.29, 1.82) is 0 Å². The van der Waals surface area contributed by atoms with Gasteiger partial charge in [0.05, 0.1) is 7.11 Å². The third-order valence-corrected chi connectivity index (χ3v) is 4.51. The maximum Gasteiger partial charge on any atom is 0.137 e. The van der Waals surface area contributed by atoms with Gasteiger partial charge in [-0.25, -0.2) is 0 Å². The Balaban J connectivity index is 1.92. The summed E-state index contributed by atoms with van der Waals surface area (Å²) in [5, 5.41) is 12.5. The van der Waals surface area contributed by atoms with Gasteiger partial charge in [0.25, 0.3) is 0 Å². The minimum atomic E-state index is -0.531. The van der Waals surface area contributed by atoms with Crippen LogP contribution in [0.25, 0.3) is 0 Å². The molecule has 4 nitrogen and oxygen atoms in total. The Morgan fingerprint density at radius 1 is 1.08 bits per heavy atom. The number of aliphatic hydroxyl groups is 1. The average Bonchev–Trinajstić information content (AvgIpc) is 2.64. The molecule has 0 aliphatic rings. The van der Waals surface area contributed by atoms with E-state index in [1.165, 1.54) is 5.56 Å². The second-order valence-electron chi connectivity index (χ2n) is 7.75. The number of ether oxygens (including phenoxy) is 2. The molecule has 142 valence electrons. The van der Waals surface area contributed by atoms with Crippen molar-refractivity contribution in [3.05, 3.63) is 59.7 Å². The van der Waals surface area contributed by atoms with Crippen molar-refractivity contribution in [1.82, 2.24) is 0 Å². The summed E-state index contributed by atoms with van der Waals surface area (Å²) in [6.45, 7) is 9.43. The highest BCUT2D eigenvalue weighted by Crippen LogP contribution is 2.34. The van der Waals surface area contributed by atoms with Crippen molar-refractivity contribution < 1.29 is 19.9 Å². The zero-order chi connectivity index (χ0) is 19.2. The lowest BCUT2D eigenvalue weighted by Gasteiger charge is -2.24. The second-order valence-corrected chi connectivity index (χ2v) is 7.75. The molecule has 0 aromatic heterocycles. The maximum atomic E-state index is 10.3. The van der Waals surface area contributed by atoms with Gasteiger partial charge in [0, 0.05) is 11.1 Å². The van der Waals surface area contributed by atoms with Gasteiger partial charge in [-0.05, 0) is 30.5 Å². The highest BCUT2D eigenvalue weighted by atomic mass is 16.5. The van der Waals surface area contributed by atoms with Crippen molar-refractivity contribution in [2.75, 3.05) is 20.3 Å². The molecular weight excluding hydrogens is 326 g/mol. The number of hydrogen-bond acceptors (Lipinski definition) is 3. The normalized spacial score (nSPS) is 13.9. The maximum absolute atomic E-state index is 10.3. The SMILES string of the molecule is COc1ccc(OC[C@@H](O)C[NH2+][C@H](C)c2ccccc2)c(C(C)(C)C)c1. The van der Waals surface area contributed by atoms with Gasteiger partial charge < -0.3 is 19.9 Å². The van der Waals surface area contributed by atoms with Crippen molar-refractivity contribution >= 4 is 0 Å².